The number of aliphatic imine (C=N–C) groups is 1. The molecule has 4 rings (SSSR count). The van der Waals surface area contributed by atoms with Crippen molar-refractivity contribution >= 4 is 23.0 Å². The largest absolute Gasteiger partial charge is 0.497 e. The molecule has 3 atom stereocenters. The Morgan fingerprint density at radius 2 is 2.10 bits per heavy atom. The number of amides is 2. The van der Waals surface area contributed by atoms with Gasteiger partial charge in [-0.1, -0.05) is 20.8 Å². The fraction of sp³-hybridized carbons (Fsp3) is 0.583. The number of urea groups is 1. The lowest BCUT2D eigenvalue weighted by atomic mass is 9.63. The Kier molecular flexibility index (Phi) is 5.56. The molecule has 0 radical (unpaired) electrons. The quantitative estimate of drug-likeness (QED) is 0.502. The van der Waals surface area contributed by atoms with E-state index in [9.17, 15) is 9.59 Å². The summed E-state index contributed by atoms with van der Waals surface area (Å²) in [6, 6.07) is 5.94. The molecular formula is C24H32N4O3. The molecule has 1 heterocycles. The summed E-state index contributed by atoms with van der Waals surface area (Å²) < 4.78 is 5.36. The van der Waals surface area contributed by atoms with E-state index in [-0.39, 0.29) is 28.9 Å². The summed E-state index contributed by atoms with van der Waals surface area (Å²) >= 11 is 0. The number of aromatic amines is 1. The molecule has 3 unspecified atom stereocenters. The first kappa shape index (κ1) is 21.4. The molecule has 3 N–H and O–H groups in total. The van der Waals surface area contributed by atoms with Crippen LogP contribution in [-0.2, 0) is 17.6 Å². The van der Waals surface area contributed by atoms with Crippen molar-refractivity contribution in [3.05, 3.63) is 29.5 Å². The SMILES string of the molecule is COc1ccc2[nH]c3c(c2c1)CC(NC(=O)NCC1(C)CC(N=C=O)CC(C)(C)C1)C3. The summed E-state index contributed by atoms with van der Waals surface area (Å²) in [5, 5.41) is 7.37. The average Bonchev–Trinajstić information content (AvgIpc) is 3.22. The fourth-order valence-corrected chi connectivity index (χ4v) is 5.89. The Bertz CT molecular complexity index is 1040. The third kappa shape index (κ3) is 4.62. The zero-order chi connectivity index (χ0) is 22.2. The van der Waals surface area contributed by atoms with Crippen molar-refractivity contribution in [1.82, 2.24) is 15.6 Å². The second kappa shape index (κ2) is 8.04. The Hall–Kier alpha value is -2.79. The number of hydrogen-bond donors (Lipinski definition) is 3. The van der Waals surface area contributed by atoms with Crippen LogP contribution in [0.2, 0.25) is 0 Å². The number of fused-ring (bicyclic) bond motifs is 3. The van der Waals surface area contributed by atoms with E-state index < -0.39 is 0 Å². The lowest BCUT2D eigenvalue weighted by Gasteiger charge is -2.45. The zero-order valence-electron chi connectivity index (χ0n) is 18.8. The number of aromatic nitrogens is 1. The summed E-state index contributed by atoms with van der Waals surface area (Å²) in [7, 11) is 1.67. The van der Waals surface area contributed by atoms with E-state index in [1.165, 1.54) is 11.3 Å². The standard InChI is InChI=1S/C24H32N4O3/c1-23(2)10-16(26-14-29)11-24(3,12-23)13-25-22(30)27-15-7-18-19-9-17(31-4)5-6-20(19)28-21(18)8-15/h5-6,9,15-16,28H,7-8,10-13H2,1-4H3,(H2,25,27,30). The third-order valence-electron chi connectivity index (χ3n) is 6.77. The van der Waals surface area contributed by atoms with Gasteiger partial charge in [0.25, 0.3) is 0 Å². The first-order chi connectivity index (χ1) is 14.7. The molecular weight excluding hydrogens is 392 g/mol. The molecule has 0 spiro atoms. The second-order valence-electron chi connectivity index (χ2n) is 10.4. The Labute approximate surface area is 183 Å². The van der Waals surface area contributed by atoms with Crippen LogP contribution in [0.5, 0.6) is 5.75 Å². The van der Waals surface area contributed by atoms with Gasteiger partial charge in [-0.25, -0.2) is 14.6 Å². The van der Waals surface area contributed by atoms with Gasteiger partial charge in [-0.2, -0.15) is 0 Å². The molecule has 2 aliphatic rings. The number of hydrogen-bond acceptors (Lipinski definition) is 4. The van der Waals surface area contributed by atoms with Gasteiger partial charge < -0.3 is 20.4 Å². The predicted molar refractivity (Wildman–Crippen MR) is 120 cm³/mol. The number of ether oxygens (including phenoxy) is 1. The number of nitrogens with zero attached hydrogens (tertiary/aromatic N) is 1. The number of carbonyl (C=O) groups excluding carboxylic acids is 2. The molecule has 2 amide bonds. The van der Waals surface area contributed by atoms with Crippen LogP contribution in [0.3, 0.4) is 0 Å². The van der Waals surface area contributed by atoms with Gasteiger partial charge >= 0.3 is 6.03 Å². The molecule has 2 aromatic rings. The minimum Gasteiger partial charge on any atom is -0.497 e. The third-order valence-corrected chi connectivity index (χ3v) is 6.77. The van der Waals surface area contributed by atoms with Crippen LogP contribution >= 0.6 is 0 Å². The summed E-state index contributed by atoms with van der Waals surface area (Å²) in [5.74, 6) is 0.837. The molecule has 1 aromatic carbocycles. The van der Waals surface area contributed by atoms with Crippen molar-refractivity contribution in [3.8, 4) is 5.75 Å². The van der Waals surface area contributed by atoms with Gasteiger partial charge in [0.1, 0.15) is 5.75 Å². The van der Waals surface area contributed by atoms with Crippen LogP contribution in [0.25, 0.3) is 10.9 Å². The van der Waals surface area contributed by atoms with E-state index in [1.807, 2.05) is 12.1 Å². The maximum Gasteiger partial charge on any atom is 0.315 e. The van der Waals surface area contributed by atoms with Crippen molar-refractivity contribution in [1.29, 1.82) is 0 Å². The van der Waals surface area contributed by atoms with Crippen LogP contribution in [0.15, 0.2) is 23.2 Å². The highest BCUT2D eigenvalue weighted by Gasteiger charge is 2.41. The van der Waals surface area contributed by atoms with Crippen molar-refractivity contribution in [3.63, 3.8) is 0 Å². The van der Waals surface area contributed by atoms with E-state index in [4.69, 9.17) is 4.74 Å². The summed E-state index contributed by atoms with van der Waals surface area (Å²) in [5.41, 5.74) is 3.52. The molecule has 0 saturated heterocycles. The molecule has 31 heavy (non-hydrogen) atoms. The molecule has 2 aliphatic carbocycles. The van der Waals surface area contributed by atoms with Crippen LogP contribution in [0, 0.1) is 10.8 Å². The molecule has 1 saturated carbocycles. The number of rotatable bonds is 5. The van der Waals surface area contributed by atoms with Crippen molar-refractivity contribution < 1.29 is 14.3 Å². The van der Waals surface area contributed by atoms with E-state index in [0.29, 0.717) is 6.54 Å². The average molecular weight is 425 g/mol. The molecule has 0 aliphatic heterocycles. The highest BCUT2D eigenvalue weighted by atomic mass is 16.5. The lowest BCUT2D eigenvalue weighted by molar-refractivity contribution is 0.0849. The zero-order valence-corrected chi connectivity index (χ0v) is 18.8. The number of benzene rings is 1. The van der Waals surface area contributed by atoms with E-state index in [0.717, 1.165) is 48.8 Å². The number of carbonyl (C=O) groups is 1. The molecule has 1 fully saturated rings. The smallest absolute Gasteiger partial charge is 0.315 e. The van der Waals surface area contributed by atoms with Crippen LogP contribution in [0.1, 0.15) is 51.3 Å². The summed E-state index contributed by atoms with van der Waals surface area (Å²) in [6.07, 6.45) is 5.95. The van der Waals surface area contributed by atoms with Gasteiger partial charge in [0.05, 0.1) is 13.2 Å². The molecule has 166 valence electrons. The van der Waals surface area contributed by atoms with Crippen LogP contribution in [0.4, 0.5) is 4.79 Å². The van der Waals surface area contributed by atoms with Crippen molar-refractivity contribution in [2.75, 3.05) is 13.7 Å². The van der Waals surface area contributed by atoms with E-state index >= 15 is 0 Å². The number of methoxy groups -OCH3 is 1. The summed E-state index contributed by atoms with van der Waals surface area (Å²) in [4.78, 5) is 30.9. The highest BCUT2D eigenvalue weighted by Crippen LogP contribution is 2.46. The fourth-order valence-electron chi connectivity index (χ4n) is 5.89. The van der Waals surface area contributed by atoms with Crippen LogP contribution < -0.4 is 15.4 Å². The van der Waals surface area contributed by atoms with Gasteiger partial charge in [0, 0.05) is 35.6 Å². The molecule has 0 bridgehead atoms. The van der Waals surface area contributed by atoms with Crippen molar-refractivity contribution in [2.45, 2.75) is 65.0 Å². The minimum atomic E-state index is -0.142. The number of isocyanates is 1. The predicted octanol–water partition coefficient (Wildman–Crippen LogP) is 3.86. The van der Waals surface area contributed by atoms with E-state index in [2.05, 4.69) is 47.4 Å². The topological polar surface area (TPSA) is 95.6 Å². The maximum absolute atomic E-state index is 12.7. The normalized spacial score (nSPS) is 26.7. The van der Waals surface area contributed by atoms with Gasteiger partial charge in [-0.15, -0.1) is 0 Å². The van der Waals surface area contributed by atoms with Gasteiger partial charge in [0.15, 0.2) is 0 Å². The first-order valence-corrected chi connectivity index (χ1v) is 11.0. The molecule has 1 aromatic heterocycles. The van der Waals surface area contributed by atoms with E-state index in [1.54, 1.807) is 13.2 Å². The number of H-pyrrole nitrogens is 1. The maximum atomic E-state index is 12.7. The monoisotopic (exact) mass is 424 g/mol. The Balaban J connectivity index is 1.35. The molecule has 7 heteroatoms. The minimum absolute atomic E-state index is 0.0266. The van der Waals surface area contributed by atoms with Gasteiger partial charge in [0.2, 0.25) is 6.08 Å². The van der Waals surface area contributed by atoms with Gasteiger partial charge in [-0.3, -0.25) is 0 Å². The number of nitrogens with one attached hydrogen (secondary N) is 3. The highest BCUT2D eigenvalue weighted by molar-refractivity contribution is 5.87. The lowest BCUT2D eigenvalue weighted by Crippen LogP contribution is -2.49. The van der Waals surface area contributed by atoms with Crippen LogP contribution in [-0.4, -0.2) is 42.8 Å². The van der Waals surface area contributed by atoms with Gasteiger partial charge in [-0.05, 0) is 60.3 Å². The summed E-state index contributed by atoms with van der Waals surface area (Å²) in [6.45, 7) is 7.12. The molecule has 7 nitrogen and oxygen atoms in total. The second-order valence-corrected chi connectivity index (χ2v) is 10.4. The Morgan fingerprint density at radius 3 is 2.84 bits per heavy atom. The first-order valence-electron chi connectivity index (χ1n) is 11.0. The Morgan fingerprint density at radius 1 is 1.29 bits per heavy atom. The van der Waals surface area contributed by atoms with Crippen molar-refractivity contribution in [2.24, 2.45) is 15.8 Å².